The Labute approximate surface area is 89.7 Å². The molecule has 0 aliphatic rings. The van der Waals surface area contributed by atoms with Crippen molar-refractivity contribution < 1.29 is 5.11 Å². The van der Waals surface area contributed by atoms with Gasteiger partial charge in [-0.15, -0.1) is 10.2 Å². The van der Waals surface area contributed by atoms with Gasteiger partial charge in [0.2, 0.25) is 0 Å². The Bertz CT molecular complexity index is 296. The highest BCUT2D eigenvalue weighted by atomic mass is 16.3. The molecule has 86 valence electrons. The first kappa shape index (κ1) is 12.1. The van der Waals surface area contributed by atoms with Gasteiger partial charge in [0, 0.05) is 13.2 Å². The first-order chi connectivity index (χ1) is 7.03. The zero-order chi connectivity index (χ0) is 11.3. The molecule has 0 saturated heterocycles. The van der Waals surface area contributed by atoms with Crippen molar-refractivity contribution in [3.05, 3.63) is 5.82 Å². The third kappa shape index (κ3) is 4.35. The van der Waals surface area contributed by atoms with E-state index in [1.807, 2.05) is 0 Å². The molecule has 0 radical (unpaired) electrons. The molecular formula is C9H19N5O. The molecule has 1 aromatic heterocycles. The predicted octanol–water partition coefficient (Wildman–Crippen LogP) is -0.292. The second kappa shape index (κ2) is 5.18. The van der Waals surface area contributed by atoms with E-state index in [1.54, 1.807) is 7.05 Å². The number of rotatable bonds is 6. The zero-order valence-electron chi connectivity index (χ0n) is 9.56. The first-order valence-electron chi connectivity index (χ1n) is 5.08. The van der Waals surface area contributed by atoms with E-state index in [0.717, 1.165) is 13.0 Å². The van der Waals surface area contributed by atoms with Crippen LogP contribution in [-0.4, -0.2) is 38.5 Å². The first-order valence-corrected chi connectivity index (χ1v) is 5.08. The minimum Gasteiger partial charge on any atom is -0.396 e. The van der Waals surface area contributed by atoms with Gasteiger partial charge in [-0.3, -0.25) is 0 Å². The topological polar surface area (TPSA) is 75.9 Å². The van der Waals surface area contributed by atoms with Crippen LogP contribution in [0.25, 0.3) is 0 Å². The summed E-state index contributed by atoms with van der Waals surface area (Å²) in [6.07, 6.45) is 0.786. The summed E-state index contributed by atoms with van der Waals surface area (Å²) < 4.78 is 0. The molecule has 0 fully saturated rings. The van der Waals surface area contributed by atoms with E-state index in [1.165, 1.54) is 4.80 Å². The van der Waals surface area contributed by atoms with Gasteiger partial charge >= 0.3 is 0 Å². The van der Waals surface area contributed by atoms with E-state index in [0.29, 0.717) is 12.4 Å². The molecule has 0 bridgehead atoms. The highest BCUT2D eigenvalue weighted by Gasteiger charge is 2.16. The summed E-state index contributed by atoms with van der Waals surface area (Å²) in [5.74, 6) is 0.692. The summed E-state index contributed by atoms with van der Waals surface area (Å²) in [6.45, 7) is 5.88. The third-order valence-corrected chi connectivity index (χ3v) is 2.22. The van der Waals surface area contributed by atoms with Crippen LogP contribution in [0.4, 0.5) is 0 Å². The normalized spacial score (nSPS) is 12.0. The summed E-state index contributed by atoms with van der Waals surface area (Å²) >= 11 is 0. The molecule has 6 nitrogen and oxygen atoms in total. The van der Waals surface area contributed by atoms with Gasteiger partial charge in [0.05, 0.1) is 13.6 Å². The molecule has 1 aromatic rings. The van der Waals surface area contributed by atoms with Gasteiger partial charge in [-0.1, -0.05) is 13.8 Å². The van der Waals surface area contributed by atoms with Crippen molar-refractivity contribution in [3.8, 4) is 0 Å². The number of aliphatic hydroxyl groups is 1. The largest absolute Gasteiger partial charge is 0.396 e. The number of hydrogen-bond donors (Lipinski definition) is 2. The molecule has 0 aromatic carbocycles. The van der Waals surface area contributed by atoms with Crippen molar-refractivity contribution >= 4 is 0 Å². The number of nitrogens with zero attached hydrogens (tertiary/aromatic N) is 4. The van der Waals surface area contributed by atoms with Crippen molar-refractivity contribution in [3.63, 3.8) is 0 Å². The van der Waals surface area contributed by atoms with Crippen LogP contribution < -0.4 is 5.32 Å². The molecule has 15 heavy (non-hydrogen) atoms. The van der Waals surface area contributed by atoms with E-state index in [2.05, 4.69) is 34.6 Å². The number of aliphatic hydroxyl groups excluding tert-OH is 1. The number of hydrogen-bond acceptors (Lipinski definition) is 5. The molecule has 0 saturated carbocycles. The van der Waals surface area contributed by atoms with Gasteiger partial charge in [0.1, 0.15) is 0 Å². The molecule has 0 unspecified atom stereocenters. The Balaban J connectivity index is 2.27. The van der Waals surface area contributed by atoms with E-state index < -0.39 is 0 Å². The number of nitrogens with one attached hydrogen (secondary N) is 1. The lowest BCUT2D eigenvalue weighted by Gasteiger charge is -2.23. The SMILES string of the molecule is Cn1nnc(CNCC(C)(C)CCO)n1. The summed E-state index contributed by atoms with van der Waals surface area (Å²) in [6, 6.07) is 0. The molecule has 2 N–H and O–H groups in total. The molecule has 0 aliphatic heterocycles. The third-order valence-electron chi connectivity index (χ3n) is 2.22. The van der Waals surface area contributed by atoms with Crippen LogP contribution in [0.2, 0.25) is 0 Å². The van der Waals surface area contributed by atoms with Gasteiger partial charge in [-0.05, 0) is 17.0 Å². The Morgan fingerprint density at radius 3 is 2.73 bits per heavy atom. The average molecular weight is 213 g/mol. The summed E-state index contributed by atoms with van der Waals surface area (Å²) in [7, 11) is 1.74. The van der Waals surface area contributed by atoms with Crippen LogP contribution in [-0.2, 0) is 13.6 Å². The molecule has 1 heterocycles. The van der Waals surface area contributed by atoms with Gasteiger partial charge in [0.25, 0.3) is 0 Å². The standard InChI is InChI=1S/C9H19N5O/c1-9(2,4-5-15)7-10-6-8-11-13-14(3)12-8/h10,15H,4-7H2,1-3H3. The van der Waals surface area contributed by atoms with E-state index in [-0.39, 0.29) is 12.0 Å². The second-order valence-electron chi connectivity index (χ2n) is 4.44. The molecule has 1 rings (SSSR count). The van der Waals surface area contributed by atoms with Crippen molar-refractivity contribution in [2.45, 2.75) is 26.8 Å². The van der Waals surface area contributed by atoms with Crippen molar-refractivity contribution in [1.29, 1.82) is 0 Å². The van der Waals surface area contributed by atoms with E-state index in [4.69, 9.17) is 5.11 Å². The van der Waals surface area contributed by atoms with Gasteiger partial charge in [0.15, 0.2) is 5.82 Å². The van der Waals surface area contributed by atoms with Crippen LogP contribution in [0.1, 0.15) is 26.1 Å². The average Bonchev–Trinajstić information content (AvgIpc) is 2.51. The Morgan fingerprint density at radius 2 is 2.20 bits per heavy atom. The van der Waals surface area contributed by atoms with Gasteiger partial charge in [-0.2, -0.15) is 4.80 Å². The maximum absolute atomic E-state index is 8.86. The summed E-state index contributed by atoms with van der Waals surface area (Å²) in [5, 5.41) is 23.8. The molecule has 0 amide bonds. The quantitative estimate of drug-likeness (QED) is 0.679. The monoisotopic (exact) mass is 213 g/mol. The fourth-order valence-electron chi connectivity index (χ4n) is 1.30. The zero-order valence-corrected chi connectivity index (χ0v) is 9.56. The lowest BCUT2D eigenvalue weighted by Crippen LogP contribution is -2.30. The van der Waals surface area contributed by atoms with Crippen molar-refractivity contribution in [2.75, 3.05) is 13.2 Å². The highest BCUT2D eigenvalue weighted by Crippen LogP contribution is 2.17. The lowest BCUT2D eigenvalue weighted by atomic mass is 9.90. The Hall–Kier alpha value is -1.01. The molecule has 6 heteroatoms. The molecule has 0 spiro atoms. The van der Waals surface area contributed by atoms with E-state index >= 15 is 0 Å². The van der Waals surface area contributed by atoms with Gasteiger partial charge < -0.3 is 10.4 Å². The Kier molecular flexibility index (Phi) is 4.16. The molecular weight excluding hydrogens is 194 g/mol. The lowest BCUT2D eigenvalue weighted by molar-refractivity contribution is 0.206. The van der Waals surface area contributed by atoms with Crippen LogP contribution in [0.15, 0.2) is 0 Å². The van der Waals surface area contributed by atoms with Gasteiger partial charge in [-0.25, -0.2) is 0 Å². The Morgan fingerprint density at radius 1 is 1.47 bits per heavy atom. The van der Waals surface area contributed by atoms with Crippen LogP contribution in [0.5, 0.6) is 0 Å². The van der Waals surface area contributed by atoms with Crippen LogP contribution in [0.3, 0.4) is 0 Å². The second-order valence-corrected chi connectivity index (χ2v) is 4.44. The predicted molar refractivity (Wildman–Crippen MR) is 56.0 cm³/mol. The summed E-state index contributed by atoms with van der Waals surface area (Å²) in [5.41, 5.74) is 0.0942. The minimum absolute atomic E-state index is 0.0942. The number of tetrazole rings is 1. The smallest absolute Gasteiger partial charge is 0.188 e. The van der Waals surface area contributed by atoms with Crippen molar-refractivity contribution in [1.82, 2.24) is 25.5 Å². The maximum atomic E-state index is 8.86. The van der Waals surface area contributed by atoms with Crippen LogP contribution in [0, 0.1) is 5.41 Å². The molecule has 0 aliphatic carbocycles. The number of aromatic nitrogens is 4. The minimum atomic E-state index is 0.0942. The fraction of sp³-hybridized carbons (Fsp3) is 0.889. The molecule has 0 atom stereocenters. The summed E-state index contributed by atoms with van der Waals surface area (Å²) in [4.78, 5) is 1.44. The highest BCUT2D eigenvalue weighted by molar-refractivity contribution is 4.78. The van der Waals surface area contributed by atoms with E-state index in [9.17, 15) is 0 Å². The van der Waals surface area contributed by atoms with Crippen molar-refractivity contribution in [2.24, 2.45) is 12.5 Å². The number of aryl methyl sites for hydroxylation is 1. The maximum Gasteiger partial charge on any atom is 0.188 e. The van der Waals surface area contributed by atoms with Crippen LogP contribution >= 0.6 is 0 Å². The fourth-order valence-corrected chi connectivity index (χ4v) is 1.30.